The monoisotopic (exact) mass is 362 g/mol. The molecular weight excluding hydrogens is 344 g/mol. The number of pyridine rings is 1. The lowest BCUT2D eigenvalue weighted by Gasteiger charge is -2.27. The van der Waals surface area contributed by atoms with E-state index in [4.69, 9.17) is 10.00 Å². The molecule has 1 aliphatic carbocycles. The number of hydrogen-bond donors (Lipinski definition) is 1. The molecule has 1 fully saturated rings. The maximum Gasteiger partial charge on any atom is 0.145 e. The summed E-state index contributed by atoms with van der Waals surface area (Å²) >= 11 is 0. The molecule has 8 nitrogen and oxygen atoms in total. The highest BCUT2D eigenvalue weighted by Crippen LogP contribution is 2.41. The molecule has 2 heterocycles. The van der Waals surface area contributed by atoms with Crippen molar-refractivity contribution in [3.05, 3.63) is 60.2 Å². The van der Waals surface area contributed by atoms with Crippen LogP contribution in [0.1, 0.15) is 30.5 Å². The maximum atomic E-state index is 11.3. The van der Waals surface area contributed by atoms with Crippen LogP contribution >= 0.6 is 0 Å². The maximum absolute atomic E-state index is 11.3. The Balaban J connectivity index is 1.52. The number of hydrogen-bond acceptors (Lipinski definition) is 7. The van der Waals surface area contributed by atoms with Crippen LogP contribution in [-0.4, -0.2) is 30.3 Å². The Morgan fingerprint density at radius 2 is 1.96 bits per heavy atom. The molecule has 27 heavy (non-hydrogen) atoms. The predicted molar refractivity (Wildman–Crippen MR) is 94.5 cm³/mol. The van der Waals surface area contributed by atoms with Crippen LogP contribution in [0.5, 0.6) is 11.5 Å². The number of nitriles is 1. The van der Waals surface area contributed by atoms with Crippen LogP contribution in [0, 0.1) is 17.2 Å². The van der Waals surface area contributed by atoms with Crippen LogP contribution in [0.15, 0.2) is 48.9 Å². The van der Waals surface area contributed by atoms with Crippen LogP contribution in [-0.2, 0) is 12.1 Å². The molecule has 0 amide bonds. The van der Waals surface area contributed by atoms with Crippen molar-refractivity contribution in [3.63, 3.8) is 0 Å². The summed E-state index contributed by atoms with van der Waals surface area (Å²) < 4.78 is 7.27. The average molecular weight is 362 g/mol. The van der Waals surface area contributed by atoms with E-state index in [-0.39, 0.29) is 6.54 Å². The fourth-order valence-electron chi connectivity index (χ4n) is 3.02. The molecule has 1 aliphatic rings. The molecular formula is C19H18N6O2. The zero-order valence-corrected chi connectivity index (χ0v) is 14.6. The van der Waals surface area contributed by atoms with Crippen LogP contribution in [0.3, 0.4) is 0 Å². The molecule has 8 heteroatoms. The number of tetrazole rings is 1. The second-order valence-corrected chi connectivity index (χ2v) is 6.80. The Hall–Kier alpha value is -3.31. The smallest absolute Gasteiger partial charge is 0.145 e. The molecule has 1 unspecified atom stereocenters. The quantitative estimate of drug-likeness (QED) is 0.687. The van der Waals surface area contributed by atoms with Crippen LogP contribution in [0.4, 0.5) is 0 Å². The first kappa shape index (κ1) is 17.1. The molecule has 4 rings (SSSR count). The van der Waals surface area contributed by atoms with Gasteiger partial charge in [-0.1, -0.05) is 12.8 Å². The van der Waals surface area contributed by atoms with Crippen molar-refractivity contribution in [1.29, 1.82) is 5.26 Å². The number of benzene rings is 1. The van der Waals surface area contributed by atoms with E-state index in [2.05, 4.69) is 26.6 Å². The lowest BCUT2D eigenvalue weighted by molar-refractivity contribution is -0.00359. The summed E-state index contributed by atoms with van der Waals surface area (Å²) in [5.74, 6) is 1.67. The number of aromatic nitrogens is 5. The SMILES string of the molecule is N#Cc1ccc(Oc2ccc(C(O)(CC3CC3)Cn3cnnn3)nc2)cc1. The molecule has 1 saturated carbocycles. The fourth-order valence-corrected chi connectivity index (χ4v) is 3.02. The highest BCUT2D eigenvalue weighted by atomic mass is 16.5. The van der Waals surface area contributed by atoms with Gasteiger partial charge >= 0.3 is 0 Å². The van der Waals surface area contributed by atoms with Crippen molar-refractivity contribution < 1.29 is 9.84 Å². The third-order valence-corrected chi connectivity index (χ3v) is 4.57. The van der Waals surface area contributed by atoms with Crippen molar-refractivity contribution in [3.8, 4) is 17.6 Å². The zero-order valence-electron chi connectivity index (χ0n) is 14.6. The third-order valence-electron chi connectivity index (χ3n) is 4.57. The van der Waals surface area contributed by atoms with Gasteiger partial charge in [0.15, 0.2) is 0 Å². The molecule has 0 radical (unpaired) electrons. The third kappa shape index (κ3) is 4.10. The van der Waals surface area contributed by atoms with Gasteiger partial charge in [0.2, 0.25) is 0 Å². The Kier molecular flexibility index (Phi) is 4.52. The Morgan fingerprint density at radius 3 is 2.56 bits per heavy atom. The highest BCUT2D eigenvalue weighted by molar-refractivity contribution is 5.37. The molecule has 0 bridgehead atoms. The molecule has 136 valence electrons. The number of rotatable bonds is 7. The van der Waals surface area contributed by atoms with Crippen LogP contribution < -0.4 is 4.74 Å². The topological polar surface area (TPSA) is 110 Å². The van der Waals surface area contributed by atoms with Gasteiger partial charge in [0, 0.05) is 0 Å². The summed E-state index contributed by atoms with van der Waals surface area (Å²) in [5.41, 5.74) is 0.00409. The van der Waals surface area contributed by atoms with E-state index in [0.717, 1.165) is 12.8 Å². The van der Waals surface area contributed by atoms with Gasteiger partial charge in [-0.05, 0) is 59.2 Å². The fraction of sp³-hybridized carbons (Fsp3) is 0.316. The molecule has 0 spiro atoms. The van der Waals surface area contributed by atoms with E-state index in [1.165, 1.54) is 11.0 Å². The molecule has 2 aromatic heterocycles. The minimum atomic E-state index is -1.14. The minimum absolute atomic E-state index is 0.249. The molecule has 1 N–H and O–H groups in total. The highest BCUT2D eigenvalue weighted by Gasteiger charge is 2.38. The summed E-state index contributed by atoms with van der Waals surface area (Å²) in [5, 5.41) is 31.2. The largest absolute Gasteiger partial charge is 0.456 e. The molecule has 1 atom stereocenters. The Labute approximate surface area is 156 Å². The number of aliphatic hydroxyl groups is 1. The Bertz CT molecular complexity index is 930. The second kappa shape index (κ2) is 7.13. The van der Waals surface area contributed by atoms with Crippen molar-refractivity contribution in [2.24, 2.45) is 5.92 Å². The summed E-state index contributed by atoms with van der Waals surface area (Å²) in [7, 11) is 0. The lowest BCUT2D eigenvalue weighted by atomic mass is 9.92. The van der Waals surface area contributed by atoms with Crippen LogP contribution in [0.2, 0.25) is 0 Å². The van der Waals surface area contributed by atoms with Crippen molar-refractivity contribution in [2.75, 3.05) is 0 Å². The minimum Gasteiger partial charge on any atom is -0.456 e. The first-order valence-electron chi connectivity index (χ1n) is 8.72. The summed E-state index contributed by atoms with van der Waals surface area (Å²) in [6, 6.07) is 12.5. The molecule has 0 saturated heterocycles. The van der Waals surface area contributed by atoms with E-state index in [1.54, 1.807) is 42.6 Å². The standard InChI is InChI=1S/C19H18N6O2/c20-10-15-3-5-16(6-4-15)27-17-7-8-18(21-11-17)19(26,9-14-1-2-14)12-25-13-22-23-24-25/h3-8,11,13-14,26H,1-2,9,12H2. The van der Waals surface area contributed by atoms with Gasteiger partial charge in [-0.3, -0.25) is 4.98 Å². The normalized spacial score (nSPS) is 15.7. The van der Waals surface area contributed by atoms with Gasteiger partial charge in [-0.25, -0.2) is 4.68 Å². The predicted octanol–water partition coefficient (Wildman–Crippen LogP) is 2.42. The van der Waals surface area contributed by atoms with Gasteiger partial charge in [0.05, 0.1) is 30.1 Å². The first-order chi connectivity index (χ1) is 13.1. The summed E-state index contributed by atoms with van der Waals surface area (Å²) in [6.45, 7) is 0.249. The average Bonchev–Trinajstić information content (AvgIpc) is 3.35. The van der Waals surface area contributed by atoms with E-state index in [0.29, 0.717) is 35.1 Å². The van der Waals surface area contributed by atoms with E-state index < -0.39 is 5.60 Å². The Morgan fingerprint density at radius 1 is 1.19 bits per heavy atom. The second-order valence-electron chi connectivity index (χ2n) is 6.80. The number of nitrogens with zero attached hydrogens (tertiary/aromatic N) is 6. The van der Waals surface area contributed by atoms with Crippen molar-refractivity contribution in [2.45, 2.75) is 31.4 Å². The van der Waals surface area contributed by atoms with Crippen molar-refractivity contribution >= 4 is 0 Å². The van der Waals surface area contributed by atoms with Gasteiger partial charge in [-0.15, -0.1) is 5.10 Å². The van der Waals surface area contributed by atoms with E-state index in [9.17, 15) is 5.11 Å². The molecule has 3 aromatic rings. The molecule has 0 aliphatic heterocycles. The van der Waals surface area contributed by atoms with Gasteiger partial charge in [0.1, 0.15) is 23.4 Å². The zero-order chi connectivity index (χ0) is 18.7. The number of ether oxygens (including phenoxy) is 1. The van der Waals surface area contributed by atoms with Crippen molar-refractivity contribution in [1.82, 2.24) is 25.2 Å². The van der Waals surface area contributed by atoms with E-state index in [1.807, 2.05) is 0 Å². The van der Waals surface area contributed by atoms with Gasteiger partial charge in [0.25, 0.3) is 0 Å². The summed E-state index contributed by atoms with van der Waals surface area (Å²) in [4.78, 5) is 4.43. The molecule has 1 aromatic carbocycles. The van der Waals surface area contributed by atoms with Gasteiger partial charge < -0.3 is 9.84 Å². The first-order valence-corrected chi connectivity index (χ1v) is 8.72. The van der Waals surface area contributed by atoms with E-state index >= 15 is 0 Å². The lowest BCUT2D eigenvalue weighted by Crippen LogP contribution is -2.33. The summed E-state index contributed by atoms with van der Waals surface area (Å²) in [6.07, 6.45) is 5.94. The van der Waals surface area contributed by atoms with Gasteiger partial charge in [-0.2, -0.15) is 5.26 Å². The van der Waals surface area contributed by atoms with Crippen LogP contribution in [0.25, 0.3) is 0 Å².